The van der Waals surface area contributed by atoms with Gasteiger partial charge in [0.15, 0.2) is 0 Å². The van der Waals surface area contributed by atoms with Gasteiger partial charge in [-0.25, -0.2) is 4.79 Å². The quantitative estimate of drug-likeness (QED) is 0.180. The minimum Gasteiger partial charge on any atom is -0.497 e. The topological polar surface area (TPSA) is 89.5 Å². The van der Waals surface area contributed by atoms with E-state index in [4.69, 9.17) is 31.9 Å². The fraction of sp³-hybridized carbons (Fsp3) is 0.477. The van der Waals surface area contributed by atoms with Gasteiger partial charge in [0.2, 0.25) is 0 Å². The van der Waals surface area contributed by atoms with E-state index in [9.17, 15) is 4.79 Å². The van der Waals surface area contributed by atoms with Crippen molar-refractivity contribution in [2.75, 3.05) is 14.2 Å². The number of allylic oxidation sites excluding steroid dienone is 1. The zero-order valence-corrected chi connectivity index (χ0v) is 35.3. The SMILES string of the molecule is COC1=CC(C(C)(C)C)C(C)(OC(=O)OC(C)(C)C)C(c2cc(OC)cc(C(C)(C)C)c2Op2oc3c(C)cc(C)cc3c3cc(C)cc(C)c3o2)=C1. The molecule has 1 aromatic heterocycles. The molecule has 2 atom stereocenters. The lowest BCUT2D eigenvalue weighted by Crippen LogP contribution is -2.48. The van der Waals surface area contributed by atoms with E-state index >= 15 is 0 Å². The second-order valence-corrected chi connectivity index (χ2v) is 18.6. The summed E-state index contributed by atoms with van der Waals surface area (Å²) in [4.78, 5) is 13.7. The molecule has 0 spiro atoms. The van der Waals surface area contributed by atoms with Crippen LogP contribution in [-0.4, -0.2) is 31.6 Å². The van der Waals surface area contributed by atoms with Gasteiger partial charge >= 0.3 is 14.4 Å². The fourth-order valence-corrected chi connectivity index (χ4v) is 8.58. The van der Waals surface area contributed by atoms with E-state index in [1.54, 1.807) is 14.2 Å². The van der Waals surface area contributed by atoms with E-state index in [1.807, 2.05) is 65.8 Å². The number of ether oxygens (including phenoxy) is 4. The van der Waals surface area contributed by atoms with Gasteiger partial charge in [0.1, 0.15) is 39.6 Å². The van der Waals surface area contributed by atoms with Crippen molar-refractivity contribution in [3.8, 4) is 11.5 Å². The van der Waals surface area contributed by atoms with Crippen molar-refractivity contribution >= 4 is 41.9 Å². The van der Waals surface area contributed by atoms with Crippen molar-refractivity contribution in [2.24, 2.45) is 11.3 Å². The van der Waals surface area contributed by atoms with Crippen LogP contribution in [0, 0.1) is 39.0 Å². The molecule has 5 rings (SSSR count). The number of carbonyl (C=O) groups is 1. The van der Waals surface area contributed by atoms with Gasteiger partial charge in [-0.1, -0.05) is 53.7 Å². The van der Waals surface area contributed by atoms with Crippen LogP contribution in [0.2, 0.25) is 0 Å². The molecule has 286 valence electrons. The molecule has 0 N–H and O–H groups in total. The molecule has 8 nitrogen and oxygen atoms in total. The Hall–Kier alpha value is -4.29. The number of benzene rings is 3. The van der Waals surface area contributed by atoms with Gasteiger partial charge in [-0.05, 0) is 125 Å². The van der Waals surface area contributed by atoms with Crippen LogP contribution in [0.4, 0.5) is 4.79 Å². The summed E-state index contributed by atoms with van der Waals surface area (Å²) in [5, 5.41) is 1.92. The van der Waals surface area contributed by atoms with Crippen LogP contribution in [0.5, 0.6) is 11.5 Å². The predicted molar refractivity (Wildman–Crippen MR) is 215 cm³/mol. The Morgan fingerprint density at radius 1 is 0.774 bits per heavy atom. The van der Waals surface area contributed by atoms with Crippen LogP contribution in [0.15, 0.2) is 62.7 Å². The van der Waals surface area contributed by atoms with Gasteiger partial charge in [-0.15, -0.1) is 0 Å². The average molecular weight is 745 g/mol. The van der Waals surface area contributed by atoms with Crippen molar-refractivity contribution in [3.05, 3.63) is 87.7 Å². The Bertz CT molecular complexity index is 2100. The molecule has 3 aromatic carbocycles. The number of hydrogen-bond donors (Lipinski definition) is 0. The number of rotatable bonds is 6. The van der Waals surface area contributed by atoms with Crippen LogP contribution in [0.3, 0.4) is 0 Å². The van der Waals surface area contributed by atoms with Crippen LogP contribution < -0.4 is 9.26 Å². The Morgan fingerprint density at radius 2 is 1.32 bits per heavy atom. The summed E-state index contributed by atoms with van der Waals surface area (Å²) in [6.45, 7) is 28.3. The summed E-state index contributed by atoms with van der Waals surface area (Å²) in [7, 11) is 1.20. The number of hydrogen-bond acceptors (Lipinski definition) is 8. The smallest absolute Gasteiger partial charge is 0.497 e. The van der Waals surface area contributed by atoms with Crippen LogP contribution in [-0.2, 0) is 19.6 Å². The molecule has 9 heteroatoms. The molecule has 0 aliphatic heterocycles. The third-order valence-electron chi connectivity index (χ3n) is 9.62. The Morgan fingerprint density at radius 3 is 1.77 bits per heavy atom. The molecule has 0 amide bonds. The highest BCUT2D eigenvalue weighted by molar-refractivity contribution is 7.32. The lowest BCUT2D eigenvalue weighted by molar-refractivity contribution is -0.0665. The van der Waals surface area contributed by atoms with E-state index in [2.05, 4.69) is 79.7 Å². The van der Waals surface area contributed by atoms with Crippen molar-refractivity contribution in [1.82, 2.24) is 0 Å². The largest absolute Gasteiger partial charge is 0.509 e. The van der Waals surface area contributed by atoms with E-state index in [1.165, 1.54) is 0 Å². The van der Waals surface area contributed by atoms with Crippen molar-refractivity contribution in [1.29, 1.82) is 0 Å². The van der Waals surface area contributed by atoms with Crippen molar-refractivity contribution in [2.45, 2.75) is 114 Å². The van der Waals surface area contributed by atoms with E-state index in [-0.39, 0.29) is 11.3 Å². The minimum atomic E-state index is -2.07. The predicted octanol–water partition coefficient (Wildman–Crippen LogP) is 13.0. The summed E-state index contributed by atoms with van der Waals surface area (Å²) in [5.41, 5.74) is 4.96. The number of methoxy groups -OCH3 is 2. The van der Waals surface area contributed by atoms with Gasteiger partial charge < -0.3 is 31.9 Å². The molecule has 4 aromatic rings. The van der Waals surface area contributed by atoms with Crippen molar-refractivity contribution in [3.63, 3.8) is 0 Å². The van der Waals surface area contributed by atoms with E-state index in [0.29, 0.717) is 39.6 Å². The molecule has 0 fully saturated rings. The molecule has 0 saturated heterocycles. The molecule has 0 saturated carbocycles. The number of carbonyl (C=O) groups excluding carboxylic acids is 1. The standard InChI is InChI=1S/C44H57O8P/c1-25-17-27(3)37-31(19-25)32-20-26(2)18-28(4)38(32)51-53(50-37)52-39-33(21-29(46-15)23-35(39)41(5,6)7)34-22-30(47-16)24-36(42(8,9)10)44(34,14)49-40(45)48-43(11,12)13/h17-24,36H,1-16H3. The second-order valence-electron chi connectivity index (χ2n) is 17.6. The zero-order chi connectivity index (χ0) is 39.4. The highest BCUT2D eigenvalue weighted by atomic mass is 31.1. The van der Waals surface area contributed by atoms with Gasteiger partial charge in [0.05, 0.1) is 14.2 Å². The Kier molecular flexibility index (Phi) is 10.7. The van der Waals surface area contributed by atoms with Gasteiger partial charge in [-0.3, -0.25) is 0 Å². The molecular weight excluding hydrogens is 687 g/mol. The normalized spacial score (nSPS) is 18.0. The number of fused-ring (bicyclic) bond motifs is 3. The lowest BCUT2D eigenvalue weighted by atomic mass is 9.64. The first kappa shape index (κ1) is 39.9. The highest BCUT2D eigenvalue weighted by Gasteiger charge is 2.50. The molecule has 0 bridgehead atoms. The summed E-state index contributed by atoms with van der Waals surface area (Å²) in [5.74, 6) is 1.42. The molecule has 1 aliphatic rings. The molecule has 1 heterocycles. The first-order valence-corrected chi connectivity index (χ1v) is 19.2. The van der Waals surface area contributed by atoms with E-state index in [0.717, 1.165) is 38.6 Å². The molecule has 2 unspecified atom stereocenters. The van der Waals surface area contributed by atoms with Crippen molar-refractivity contribution < 1.29 is 36.7 Å². The molecule has 1 aliphatic carbocycles. The first-order chi connectivity index (χ1) is 24.4. The summed E-state index contributed by atoms with van der Waals surface area (Å²) >= 11 is 0. The molecular formula is C44H57O8P. The third kappa shape index (κ3) is 8.28. The third-order valence-corrected chi connectivity index (χ3v) is 10.6. The Balaban J connectivity index is 1.89. The summed E-state index contributed by atoms with van der Waals surface area (Å²) < 4.78 is 44.8. The maximum absolute atomic E-state index is 13.7. The van der Waals surface area contributed by atoms with Gasteiger partial charge in [0, 0.05) is 33.4 Å². The molecule has 53 heavy (non-hydrogen) atoms. The van der Waals surface area contributed by atoms with Gasteiger partial charge in [-0.2, -0.15) is 0 Å². The summed E-state index contributed by atoms with van der Waals surface area (Å²) in [6, 6.07) is 12.4. The zero-order valence-electron chi connectivity index (χ0n) is 34.4. The maximum Gasteiger partial charge on any atom is 0.509 e. The maximum atomic E-state index is 13.7. The number of aryl methyl sites for hydroxylation is 4. The van der Waals surface area contributed by atoms with Crippen LogP contribution >= 0.6 is 8.24 Å². The molecule has 0 radical (unpaired) electrons. The minimum absolute atomic E-state index is 0.346. The first-order valence-electron chi connectivity index (χ1n) is 18.1. The van der Waals surface area contributed by atoms with Gasteiger partial charge in [0.25, 0.3) is 0 Å². The summed E-state index contributed by atoms with van der Waals surface area (Å²) in [6.07, 6.45) is 3.15. The second kappa shape index (κ2) is 14.2. The average Bonchev–Trinajstić information content (AvgIpc) is 3.16. The highest BCUT2D eigenvalue weighted by Crippen LogP contribution is 2.54. The van der Waals surface area contributed by atoms with E-state index < -0.39 is 31.0 Å². The van der Waals surface area contributed by atoms with Crippen LogP contribution in [0.25, 0.3) is 27.5 Å². The Labute approximate surface area is 316 Å². The monoisotopic (exact) mass is 744 g/mol. The van der Waals surface area contributed by atoms with Crippen LogP contribution in [0.1, 0.15) is 103 Å². The lowest BCUT2D eigenvalue weighted by Gasteiger charge is -2.46. The fourth-order valence-electron chi connectivity index (χ4n) is 7.34.